The fourth-order valence-electron chi connectivity index (χ4n) is 1.73. The van der Waals surface area contributed by atoms with Crippen LogP contribution in [0.3, 0.4) is 0 Å². The number of anilines is 1. The summed E-state index contributed by atoms with van der Waals surface area (Å²) in [6.07, 6.45) is 0. The molecular formula is C11H9FN2O3. The first kappa shape index (κ1) is 11.3. The van der Waals surface area contributed by atoms with Crippen molar-refractivity contribution in [3.8, 4) is 0 Å². The molecule has 6 heteroatoms. The van der Waals surface area contributed by atoms with Crippen LogP contribution in [0.2, 0.25) is 0 Å². The Hall–Kier alpha value is -2.24. The van der Waals surface area contributed by atoms with Crippen LogP contribution in [-0.2, 0) is 4.79 Å². The molecule has 2 rings (SSSR count). The van der Waals surface area contributed by atoms with Gasteiger partial charge in [0, 0.05) is 14.0 Å². The third-order valence-electron chi connectivity index (χ3n) is 2.47. The van der Waals surface area contributed by atoms with Gasteiger partial charge in [0.15, 0.2) is 0 Å². The molecule has 0 atom stereocenters. The van der Waals surface area contributed by atoms with E-state index in [9.17, 15) is 18.8 Å². The van der Waals surface area contributed by atoms with Crippen LogP contribution in [0.25, 0.3) is 0 Å². The normalized spacial score (nSPS) is 13.9. The highest BCUT2D eigenvalue weighted by atomic mass is 19.1. The van der Waals surface area contributed by atoms with Gasteiger partial charge < -0.3 is 5.32 Å². The molecule has 17 heavy (non-hydrogen) atoms. The van der Waals surface area contributed by atoms with Gasteiger partial charge in [0.05, 0.1) is 16.8 Å². The highest BCUT2D eigenvalue weighted by Crippen LogP contribution is 2.29. The van der Waals surface area contributed by atoms with Crippen molar-refractivity contribution in [2.45, 2.75) is 6.92 Å². The van der Waals surface area contributed by atoms with E-state index in [0.717, 1.165) is 17.0 Å². The van der Waals surface area contributed by atoms with Gasteiger partial charge >= 0.3 is 0 Å². The Morgan fingerprint density at radius 3 is 2.53 bits per heavy atom. The molecular weight excluding hydrogens is 227 g/mol. The Morgan fingerprint density at radius 1 is 1.29 bits per heavy atom. The average Bonchev–Trinajstić information content (AvgIpc) is 2.43. The molecule has 1 aliphatic heterocycles. The molecule has 0 saturated carbocycles. The van der Waals surface area contributed by atoms with Crippen LogP contribution < -0.4 is 5.32 Å². The first-order valence-electron chi connectivity index (χ1n) is 4.85. The van der Waals surface area contributed by atoms with Crippen molar-refractivity contribution in [3.05, 3.63) is 29.1 Å². The van der Waals surface area contributed by atoms with E-state index in [1.807, 2.05) is 0 Å². The lowest BCUT2D eigenvalue weighted by atomic mass is 10.1. The highest BCUT2D eigenvalue weighted by Gasteiger charge is 2.35. The monoisotopic (exact) mass is 236 g/mol. The van der Waals surface area contributed by atoms with Gasteiger partial charge in [-0.05, 0) is 12.1 Å². The summed E-state index contributed by atoms with van der Waals surface area (Å²) >= 11 is 0. The Bertz CT molecular complexity index is 554. The number of hydrogen-bond acceptors (Lipinski definition) is 3. The molecule has 1 N–H and O–H groups in total. The van der Waals surface area contributed by atoms with Crippen molar-refractivity contribution in [1.29, 1.82) is 0 Å². The van der Waals surface area contributed by atoms with E-state index in [-0.39, 0.29) is 16.8 Å². The Labute approximate surface area is 96.2 Å². The third-order valence-corrected chi connectivity index (χ3v) is 2.47. The molecule has 3 amide bonds. The summed E-state index contributed by atoms with van der Waals surface area (Å²) in [7, 11) is 1.31. The number of halogens is 1. The second-order valence-corrected chi connectivity index (χ2v) is 3.73. The number of carbonyl (C=O) groups excluding carboxylic acids is 3. The van der Waals surface area contributed by atoms with Crippen LogP contribution in [0.1, 0.15) is 27.6 Å². The number of imide groups is 1. The van der Waals surface area contributed by atoms with Gasteiger partial charge in [0.2, 0.25) is 5.91 Å². The number of nitrogens with zero attached hydrogens (tertiary/aromatic N) is 1. The second kappa shape index (κ2) is 3.65. The number of nitrogens with one attached hydrogen (secondary N) is 1. The van der Waals surface area contributed by atoms with Crippen LogP contribution in [0, 0.1) is 5.82 Å². The fourth-order valence-corrected chi connectivity index (χ4v) is 1.73. The van der Waals surface area contributed by atoms with Crippen LogP contribution in [0.4, 0.5) is 10.1 Å². The lowest BCUT2D eigenvalue weighted by molar-refractivity contribution is -0.114. The molecule has 0 spiro atoms. The maximum atomic E-state index is 13.3. The Kier molecular flexibility index (Phi) is 2.42. The van der Waals surface area contributed by atoms with Crippen LogP contribution in [-0.4, -0.2) is 29.7 Å². The maximum Gasteiger partial charge on any atom is 0.263 e. The van der Waals surface area contributed by atoms with E-state index in [1.54, 1.807) is 0 Å². The molecule has 1 aromatic carbocycles. The molecule has 0 radical (unpaired) electrons. The first-order valence-corrected chi connectivity index (χ1v) is 4.85. The van der Waals surface area contributed by atoms with Crippen LogP contribution >= 0.6 is 0 Å². The van der Waals surface area contributed by atoms with Gasteiger partial charge in [-0.1, -0.05) is 0 Å². The van der Waals surface area contributed by atoms with E-state index < -0.39 is 23.5 Å². The zero-order valence-electron chi connectivity index (χ0n) is 9.20. The van der Waals surface area contributed by atoms with Gasteiger partial charge in [-0.3, -0.25) is 19.3 Å². The fraction of sp³-hybridized carbons (Fsp3) is 0.182. The highest BCUT2D eigenvalue weighted by molar-refractivity contribution is 6.24. The van der Waals surface area contributed by atoms with Crippen molar-refractivity contribution in [1.82, 2.24) is 4.90 Å². The summed E-state index contributed by atoms with van der Waals surface area (Å²) in [5, 5.41) is 2.34. The predicted octanol–water partition coefficient (Wildman–Crippen LogP) is 1.01. The maximum absolute atomic E-state index is 13.3. The van der Waals surface area contributed by atoms with E-state index in [4.69, 9.17) is 0 Å². The van der Waals surface area contributed by atoms with Gasteiger partial charge in [0.1, 0.15) is 5.82 Å². The van der Waals surface area contributed by atoms with E-state index in [2.05, 4.69) is 5.32 Å². The number of amides is 3. The molecule has 0 unspecified atom stereocenters. The quantitative estimate of drug-likeness (QED) is 0.740. The van der Waals surface area contributed by atoms with Crippen molar-refractivity contribution in [2.75, 3.05) is 12.4 Å². The van der Waals surface area contributed by atoms with Crippen LogP contribution in [0.5, 0.6) is 0 Å². The van der Waals surface area contributed by atoms with Gasteiger partial charge in [0.25, 0.3) is 11.8 Å². The zero-order valence-corrected chi connectivity index (χ0v) is 9.20. The Balaban J connectivity index is 2.65. The van der Waals surface area contributed by atoms with E-state index in [1.165, 1.54) is 14.0 Å². The molecule has 0 bridgehead atoms. The standard InChI is InChI=1S/C11H9FN2O3/c1-5(15)13-8-4-6(12)3-7-9(8)11(17)14(2)10(7)16/h3-4H,1-2H3,(H,13,15). The van der Waals surface area contributed by atoms with Crippen molar-refractivity contribution in [2.24, 2.45) is 0 Å². The smallest absolute Gasteiger partial charge is 0.263 e. The molecule has 1 aromatic rings. The molecule has 88 valence electrons. The first-order chi connectivity index (χ1) is 7.91. The molecule has 0 saturated heterocycles. The number of rotatable bonds is 1. The van der Waals surface area contributed by atoms with Crippen molar-refractivity contribution >= 4 is 23.4 Å². The summed E-state index contributed by atoms with van der Waals surface area (Å²) in [5.41, 5.74) is 0.0329. The summed E-state index contributed by atoms with van der Waals surface area (Å²) in [6, 6.07) is 2.01. The topological polar surface area (TPSA) is 66.5 Å². The molecule has 5 nitrogen and oxygen atoms in total. The minimum Gasteiger partial charge on any atom is -0.325 e. The Morgan fingerprint density at radius 2 is 1.94 bits per heavy atom. The summed E-state index contributed by atoms with van der Waals surface area (Å²) in [4.78, 5) is 35.2. The number of benzene rings is 1. The summed E-state index contributed by atoms with van der Waals surface area (Å²) in [6.45, 7) is 1.24. The SMILES string of the molecule is CC(=O)Nc1cc(F)cc2c1C(=O)N(C)C2=O. The van der Waals surface area contributed by atoms with Gasteiger partial charge in [-0.15, -0.1) is 0 Å². The van der Waals surface area contributed by atoms with Crippen molar-refractivity contribution in [3.63, 3.8) is 0 Å². The largest absolute Gasteiger partial charge is 0.325 e. The van der Waals surface area contributed by atoms with Gasteiger partial charge in [-0.2, -0.15) is 0 Å². The minimum absolute atomic E-state index is 0.0233. The summed E-state index contributed by atoms with van der Waals surface area (Å²) in [5.74, 6) is -2.23. The second-order valence-electron chi connectivity index (χ2n) is 3.73. The van der Waals surface area contributed by atoms with E-state index >= 15 is 0 Å². The number of hydrogen-bond donors (Lipinski definition) is 1. The lowest BCUT2D eigenvalue weighted by Gasteiger charge is -2.07. The average molecular weight is 236 g/mol. The molecule has 1 heterocycles. The number of fused-ring (bicyclic) bond motifs is 1. The van der Waals surface area contributed by atoms with Crippen molar-refractivity contribution < 1.29 is 18.8 Å². The molecule has 0 aliphatic carbocycles. The predicted molar refractivity (Wildman–Crippen MR) is 57.1 cm³/mol. The van der Waals surface area contributed by atoms with E-state index in [0.29, 0.717) is 0 Å². The number of carbonyl (C=O) groups is 3. The molecule has 0 aromatic heterocycles. The molecule has 1 aliphatic rings. The van der Waals surface area contributed by atoms with Gasteiger partial charge in [-0.25, -0.2) is 4.39 Å². The molecule has 0 fully saturated rings. The minimum atomic E-state index is -0.677. The summed E-state index contributed by atoms with van der Waals surface area (Å²) < 4.78 is 13.3. The lowest BCUT2D eigenvalue weighted by Crippen LogP contribution is -2.24. The third kappa shape index (κ3) is 1.67. The van der Waals surface area contributed by atoms with Crippen LogP contribution in [0.15, 0.2) is 12.1 Å². The zero-order chi connectivity index (χ0) is 12.7.